The number of fused-ring (bicyclic) bond motifs is 3. The molecule has 1 amide bonds. The van der Waals surface area contributed by atoms with Crippen molar-refractivity contribution in [3.63, 3.8) is 0 Å². The summed E-state index contributed by atoms with van der Waals surface area (Å²) in [6, 6.07) is 22.4. The summed E-state index contributed by atoms with van der Waals surface area (Å²) < 4.78 is 170. The molecule has 106 heavy (non-hydrogen) atoms. The molecule has 5 aromatic rings. The van der Waals surface area contributed by atoms with Crippen LogP contribution in [0.3, 0.4) is 0 Å². The second-order valence-electron chi connectivity index (χ2n) is 29.0. The van der Waals surface area contributed by atoms with Crippen LogP contribution >= 0.6 is 0 Å². The quantitative estimate of drug-likeness (QED) is 0.0120. The van der Waals surface area contributed by atoms with Gasteiger partial charge in [0.05, 0.1) is 112 Å². The monoisotopic (exact) mass is 1540 g/mol. The normalized spacial score (nSPS) is 17.3. The van der Waals surface area contributed by atoms with Crippen LogP contribution in [0.5, 0.6) is 0 Å². The fourth-order valence-corrected chi connectivity index (χ4v) is 16.4. The van der Waals surface area contributed by atoms with Crippen LogP contribution in [0.1, 0.15) is 160 Å². The number of nitrogens with zero attached hydrogens (tertiary/aromatic N) is 4. The van der Waals surface area contributed by atoms with Gasteiger partial charge in [-0.05, 0) is 179 Å². The zero-order chi connectivity index (χ0) is 76.8. The van der Waals surface area contributed by atoms with Crippen LogP contribution in [-0.2, 0) is 88.0 Å². The van der Waals surface area contributed by atoms with E-state index in [4.69, 9.17) is 34.5 Å². The van der Waals surface area contributed by atoms with Gasteiger partial charge in [-0.25, -0.2) is 13.1 Å². The molecule has 0 bridgehead atoms. The second-order valence-corrected chi connectivity index (χ2v) is 34.9. The number of nitrogens with one attached hydrogen (secondary N) is 2. The third kappa shape index (κ3) is 22.1. The Balaban J connectivity index is 0.752. The summed E-state index contributed by atoms with van der Waals surface area (Å²) in [6.07, 6.45) is 13.8. The number of Topliss-reactive ketones (excluding diaryl/α,β-unsaturated/α-hetero) is 1. The molecule has 26 nitrogen and oxygen atoms in total. The SMILES string of the molecule is Cc1nn(-c2ccc(C(N)=O)c(NCCCOCCOCCOCCOCCOCCCNCc3ccc(C4=C(/C=C/C5=[N+](CCCCS(=O)(=O)O)c6ccc(S(=O)(=O)O)cc6C5(C)C)CCC/C4=C\C=C4/N(CCCCS(=O)(=O)[O-])c5ccc(S(=O)(=O)O)cc5C4(C)C)cc3)c2)c2c1C(=O)CC(C)(C)C2. The number of hydrogen-bond donors (Lipinski definition) is 6. The van der Waals surface area contributed by atoms with Crippen molar-refractivity contribution in [2.75, 3.05) is 114 Å². The Labute approximate surface area is 623 Å². The maximum Gasteiger partial charge on any atom is 0.294 e. The number of aromatic nitrogens is 2. The minimum Gasteiger partial charge on any atom is -0.748 e. The topological polar surface area (TPSA) is 375 Å². The zero-order valence-electron chi connectivity index (χ0n) is 61.5. The molecule has 0 fully saturated rings. The third-order valence-corrected chi connectivity index (χ3v) is 22.8. The fraction of sp³-hybridized carbons (Fsp3) is 0.500. The van der Waals surface area contributed by atoms with Crippen LogP contribution in [-0.4, -0.2) is 187 Å². The number of amides is 1. The van der Waals surface area contributed by atoms with Gasteiger partial charge in [0.1, 0.15) is 6.54 Å². The van der Waals surface area contributed by atoms with Crippen molar-refractivity contribution in [3.8, 4) is 5.69 Å². The first-order valence-electron chi connectivity index (χ1n) is 35.9. The average Bonchev–Trinajstić information content (AvgIpc) is 1.58. The van der Waals surface area contributed by atoms with Gasteiger partial charge in [0.2, 0.25) is 5.69 Å². The molecule has 578 valence electrons. The summed E-state index contributed by atoms with van der Waals surface area (Å²) >= 11 is 0. The Kier molecular flexibility index (Phi) is 28.1. The predicted molar refractivity (Wildman–Crippen MR) is 404 cm³/mol. The molecule has 3 heterocycles. The highest BCUT2D eigenvalue weighted by atomic mass is 32.2. The predicted octanol–water partition coefficient (Wildman–Crippen LogP) is 10.2. The van der Waals surface area contributed by atoms with Crippen molar-refractivity contribution < 1.29 is 89.7 Å². The summed E-state index contributed by atoms with van der Waals surface area (Å²) in [7, 11) is -17.8. The Bertz CT molecular complexity index is 4650. The molecule has 0 saturated heterocycles. The molecule has 0 radical (unpaired) electrons. The first kappa shape index (κ1) is 82.9. The summed E-state index contributed by atoms with van der Waals surface area (Å²) in [5.74, 6) is -1.43. The standard InChI is InChI=1S/C76H101N7O19S4/c1-53-71-67(50-74(2,3)51-68(71)84)83(80-53)58-23-26-61(73(77)85)64(47-58)79-32-14-36-99-38-40-101-42-44-102-43-41-100-39-37-98-35-13-31-78-52-54-17-19-57(20-18-54)72-55(21-29-69-75(4,5)62-48-59(105(92,93)94)24-27-65(62)81(69)33-8-10-45-103(86,87)88)15-12-16-56(72)22-30-70-76(6,7)63-49-60(106(95,96)97)25-28-66(63)82(70)34-9-11-46-104(89,90)91/h17-30,47-49,78H,8-16,31-46,50-52H2,1-7H3,(H6-,77,79,85,86,87,88,89,90,91,92,93,94,95,96,97). The van der Waals surface area contributed by atoms with E-state index in [0.29, 0.717) is 189 Å². The summed E-state index contributed by atoms with van der Waals surface area (Å²) in [4.78, 5) is 26.8. The van der Waals surface area contributed by atoms with Crippen LogP contribution in [0.2, 0.25) is 0 Å². The van der Waals surface area contributed by atoms with Gasteiger partial charge >= 0.3 is 0 Å². The summed E-state index contributed by atoms with van der Waals surface area (Å²) in [5, 5.41) is 11.5. The molecule has 0 atom stereocenters. The van der Waals surface area contributed by atoms with Crippen molar-refractivity contribution >= 4 is 80.5 Å². The molecule has 2 aliphatic carbocycles. The number of ether oxygens (including phenoxy) is 5. The Morgan fingerprint density at radius 1 is 0.670 bits per heavy atom. The molecule has 4 aromatic carbocycles. The molecule has 9 rings (SSSR count). The van der Waals surface area contributed by atoms with E-state index < -0.39 is 68.7 Å². The van der Waals surface area contributed by atoms with Crippen molar-refractivity contribution in [2.45, 2.75) is 146 Å². The molecule has 0 unspecified atom stereocenters. The first-order chi connectivity index (χ1) is 50.0. The number of unbranched alkanes of at least 4 members (excludes halogenated alkanes) is 2. The average molecular weight is 1540 g/mol. The molecule has 30 heteroatoms. The van der Waals surface area contributed by atoms with Crippen molar-refractivity contribution in [1.82, 2.24) is 15.1 Å². The molecular weight excluding hydrogens is 1440 g/mol. The van der Waals surface area contributed by atoms with E-state index >= 15 is 0 Å². The Hall–Kier alpha value is -7.14. The maximum absolute atomic E-state index is 13.0. The molecule has 4 aliphatic rings. The number of primary amides is 1. The van der Waals surface area contributed by atoms with Gasteiger partial charge in [-0.3, -0.25) is 23.2 Å². The fourth-order valence-electron chi connectivity index (χ4n) is 14.3. The highest BCUT2D eigenvalue weighted by Gasteiger charge is 2.46. The van der Waals surface area contributed by atoms with Crippen LogP contribution in [0.4, 0.5) is 17.1 Å². The van der Waals surface area contributed by atoms with Gasteiger partial charge in [-0.15, -0.1) is 0 Å². The Morgan fingerprint density at radius 3 is 1.89 bits per heavy atom. The highest BCUT2D eigenvalue weighted by Crippen LogP contribution is 2.50. The minimum absolute atomic E-state index is 0.0934. The number of nitrogens with two attached hydrogens (primary N) is 1. The van der Waals surface area contributed by atoms with Gasteiger partial charge < -0.3 is 49.5 Å². The Morgan fingerprint density at radius 2 is 1.27 bits per heavy atom. The lowest BCUT2D eigenvalue weighted by molar-refractivity contribution is -0.438. The zero-order valence-corrected chi connectivity index (χ0v) is 64.8. The van der Waals surface area contributed by atoms with E-state index in [2.05, 4.69) is 60.9 Å². The molecule has 7 N–H and O–H groups in total. The van der Waals surface area contributed by atoms with Crippen LogP contribution < -0.4 is 21.3 Å². The lowest BCUT2D eigenvalue weighted by Crippen LogP contribution is -2.28. The third-order valence-electron chi connectivity index (χ3n) is 19.5. The summed E-state index contributed by atoms with van der Waals surface area (Å²) in [6.45, 7) is 20.5. The smallest absolute Gasteiger partial charge is 0.294 e. The van der Waals surface area contributed by atoms with Crippen LogP contribution in [0.25, 0.3) is 11.3 Å². The van der Waals surface area contributed by atoms with Gasteiger partial charge in [-0.2, -0.15) is 34.9 Å². The number of benzene rings is 4. The van der Waals surface area contributed by atoms with Gasteiger partial charge in [0.15, 0.2) is 11.5 Å². The second kappa shape index (κ2) is 35.9. The maximum atomic E-state index is 13.0. The van der Waals surface area contributed by atoms with E-state index in [-0.39, 0.29) is 33.8 Å². The number of allylic oxidation sites excluding steroid dienone is 8. The van der Waals surface area contributed by atoms with Gasteiger partial charge in [0.25, 0.3) is 36.3 Å². The highest BCUT2D eigenvalue weighted by molar-refractivity contribution is 7.86. The molecule has 0 spiro atoms. The molecule has 0 saturated carbocycles. The van der Waals surface area contributed by atoms with Gasteiger partial charge in [0, 0.05) is 91.6 Å². The van der Waals surface area contributed by atoms with Crippen LogP contribution in [0, 0.1) is 12.3 Å². The number of anilines is 2. The first-order valence-corrected chi connectivity index (χ1v) is 42.0. The number of hydrogen-bond acceptors (Lipinski definition) is 20. The van der Waals surface area contributed by atoms with E-state index in [1.165, 1.54) is 24.3 Å². The number of carbonyl (C=O) groups is 2. The van der Waals surface area contributed by atoms with Crippen molar-refractivity contribution in [1.29, 1.82) is 0 Å². The minimum atomic E-state index is -4.57. The number of carbonyl (C=O) groups excluding carboxylic acids is 2. The van der Waals surface area contributed by atoms with E-state index in [1.54, 1.807) is 28.9 Å². The molecule has 1 aromatic heterocycles. The van der Waals surface area contributed by atoms with Crippen LogP contribution in [0.15, 0.2) is 130 Å². The molecule has 2 aliphatic heterocycles. The van der Waals surface area contributed by atoms with E-state index in [0.717, 1.165) is 63.5 Å². The lowest BCUT2D eigenvalue weighted by Gasteiger charge is -2.29. The summed E-state index contributed by atoms with van der Waals surface area (Å²) in [5.41, 5.74) is 16.9. The van der Waals surface area contributed by atoms with E-state index in [9.17, 15) is 61.5 Å². The van der Waals surface area contributed by atoms with Gasteiger partial charge in [-0.1, -0.05) is 64.1 Å². The van der Waals surface area contributed by atoms with Crippen molar-refractivity contribution in [3.05, 3.63) is 165 Å². The lowest BCUT2D eigenvalue weighted by atomic mass is 9.75. The van der Waals surface area contributed by atoms with E-state index in [1.807, 2.05) is 62.3 Å². The van der Waals surface area contributed by atoms with Crippen molar-refractivity contribution in [2.24, 2.45) is 11.1 Å². The largest absolute Gasteiger partial charge is 0.748 e. The number of rotatable bonds is 41. The number of ketones is 1. The number of aryl methyl sites for hydroxylation is 1. The molecular formula is C76H101N7O19S4.